The van der Waals surface area contributed by atoms with Crippen molar-refractivity contribution in [3.05, 3.63) is 53.6 Å². The van der Waals surface area contributed by atoms with E-state index in [0.717, 1.165) is 5.56 Å². The van der Waals surface area contributed by atoms with Crippen molar-refractivity contribution in [3.8, 4) is 17.2 Å². The minimum absolute atomic E-state index is 0.0235. The third-order valence-electron chi connectivity index (χ3n) is 2.29. The van der Waals surface area contributed by atoms with Crippen LogP contribution in [0.25, 0.3) is 12.2 Å². The van der Waals surface area contributed by atoms with Gasteiger partial charge in [-0.1, -0.05) is 24.3 Å². The van der Waals surface area contributed by atoms with E-state index in [-0.39, 0.29) is 17.2 Å². The molecule has 112 valence electrons. The van der Waals surface area contributed by atoms with Crippen LogP contribution in [0, 0.1) is 0 Å². The van der Waals surface area contributed by atoms with E-state index in [1.807, 2.05) is 32.1 Å². The van der Waals surface area contributed by atoms with Gasteiger partial charge in [-0.3, -0.25) is 0 Å². The second-order valence-electron chi connectivity index (χ2n) is 5.05. The Labute approximate surface area is 125 Å². The fourth-order valence-corrected chi connectivity index (χ4v) is 1.49. The zero-order valence-electron chi connectivity index (χ0n) is 12.5. The largest absolute Gasteiger partial charge is 0.508 e. The average Bonchev–Trinajstić information content (AvgIpc) is 2.36. The predicted octanol–water partition coefficient (Wildman–Crippen LogP) is 3.15. The van der Waals surface area contributed by atoms with Crippen molar-refractivity contribution in [1.82, 2.24) is 4.90 Å². The maximum absolute atomic E-state index is 9.30. The standard InChI is InChI=1S/C14H12O3.C3H9N/c15-12-5-3-10(4-6-12)1-2-11-7-13(16)9-14(17)8-11;1-4(2)3/h1-9,15-17H;1-3H3/b2-1+;. The molecule has 0 saturated heterocycles. The summed E-state index contributed by atoms with van der Waals surface area (Å²) in [6, 6.07) is 11.1. The summed E-state index contributed by atoms with van der Waals surface area (Å²) in [7, 11) is 6.00. The summed E-state index contributed by atoms with van der Waals surface area (Å²) in [5, 5.41) is 27.7. The Bertz CT molecular complexity index is 566. The summed E-state index contributed by atoms with van der Waals surface area (Å²) in [6.45, 7) is 0. The van der Waals surface area contributed by atoms with Crippen molar-refractivity contribution in [1.29, 1.82) is 0 Å². The van der Waals surface area contributed by atoms with E-state index in [2.05, 4.69) is 0 Å². The van der Waals surface area contributed by atoms with Crippen LogP contribution >= 0.6 is 0 Å². The highest BCUT2D eigenvalue weighted by molar-refractivity contribution is 5.71. The zero-order valence-corrected chi connectivity index (χ0v) is 12.5. The Morgan fingerprint density at radius 2 is 1.10 bits per heavy atom. The normalized spacial score (nSPS) is 10.5. The highest BCUT2D eigenvalue weighted by Gasteiger charge is 1.95. The van der Waals surface area contributed by atoms with Crippen LogP contribution in [-0.4, -0.2) is 41.4 Å². The van der Waals surface area contributed by atoms with Crippen molar-refractivity contribution >= 4 is 12.2 Å². The maximum Gasteiger partial charge on any atom is 0.119 e. The van der Waals surface area contributed by atoms with Gasteiger partial charge in [0.05, 0.1) is 0 Å². The van der Waals surface area contributed by atoms with Gasteiger partial charge in [0.15, 0.2) is 0 Å². The van der Waals surface area contributed by atoms with Crippen molar-refractivity contribution in [2.75, 3.05) is 21.1 Å². The second kappa shape index (κ2) is 7.97. The molecule has 21 heavy (non-hydrogen) atoms. The lowest BCUT2D eigenvalue weighted by Crippen LogP contribution is -1.99. The smallest absolute Gasteiger partial charge is 0.119 e. The Kier molecular flexibility index (Phi) is 6.30. The summed E-state index contributed by atoms with van der Waals surface area (Å²) in [5.41, 5.74) is 1.63. The van der Waals surface area contributed by atoms with Gasteiger partial charge < -0.3 is 20.2 Å². The van der Waals surface area contributed by atoms with E-state index < -0.39 is 0 Å². The highest BCUT2D eigenvalue weighted by atomic mass is 16.3. The molecule has 4 nitrogen and oxygen atoms in total. The monoisotopic (exact) mass is 287 g/mol. The quantitative estimate of drug-likeness (QED) is 0.742. The van der Waals surface area contributed by atoms with Crippen LogP contribution in [-0.2, 0) is 0 Å². The van der Waals surface area contributed by atoms with Gasteiger partial charge in [-0.05, 0) is 56.5 Å². The predicted molar refractivity (Wildman–Crippen MR) is 86.4 cm³/mol. The zero-order chi connectivity index (χ0) is 15.8. The second-order valence-corrected chi connectivity index (χ2v) is 5.05. The number of phenolic OH excluding ortho intramolecular Hbond substituents is 3. The summed E-state index contributed by atoms with van der Waals surface area (Å²) in [5.74, 6) is 0.267. The highest BCUT2D eigenvalue weighted by Crippen LogP contribution is 2.22. The molecule has 2 rings (SSSR count). The maximum atomic E-state index is 9.30. The van der Waals surface area contributed by atoms with Gasteiger partial charge in [0.25, 0.3) is 0 Å². The third-order valence-corrected chi connectivity index (χ3v) is 2.29. The Hall–Kier alpha value is -2.46. The molecule has 0 aliphatic heterocycles. The number of phenols is 3. The van der Waals surface area contributed by atoms with Gasteiger partial charge in [0, 0.05) is 6.07 Å². The van der Waals surface area contributed by atoms with Crippen LogP contribution < -0.4 is 0 Å². The molecule has 0 aliphatic rings. The van der Waals surface area contributed by atoms with Gasteiger partial charge in [-0.15, -0.1) is 0 Å². The van der Waals surface area contributed by atoms with E-state index in [4.69, 9.17) is 5.11 Å². The van der Waals surface area contributed by atoms with Crippen molar-refractivity contribution in [2.24, 2.45) is 0 Å². The van der Waals surface area contributed by atoms with Gasteiger partial charge in [-0.25, -0.2) is 0 Å². The fourth-order valence-electron chi connectivity index (χ4n) is 1.49. The number of benzene rings is 2. The average molecular weight is 287 g/mol. The molecule has 0 fully saturated rings. The summed E-state index contributed by atoms with van der Waals surface area (Å²) in [4.78, 5) is 2.00. The number of hydrogen-bond donors (Lipinski definition) is 3. The van der Waals surface area contributed by atoms with Crippen molar-refractivity contribution < 1.29 is 15.3 Å². The first-order valence-corrected chi connectivity index (χ1v) is 6.48. The van der Waals surface area contributed by atoms with Gasteiger partial charge in [0.2, 0.25) is 0 Å². The minimum atomic E-state index is 0.0235. The molecule has 0 saturated carbocycles. The van der Waals surface area contributed by atoms with E-state index in [9.17, 15) is 10.2 Å². The molecule has 2 aromatic rings. The summed E-state index contributed by atoms with van der Waals surface area (Å²) < 4.78 is 0. The van der Waals surface area contributed by atoms with Crippen molar-refractivity contribution in [3.63, 3.8) is 0 Å². The molecule has 0 aliphatic carbocycles. The molecule has 4 heteroatoms. The first kappa shape index (κ1) is 16.6. The molecule has 0 bridgehead atoms. The van der Waals surface area contributed by atoms with Crippen LogP contribution in [0.4, 0.5) is 0 Å². The molecular formula is C17H21NO3. The number of hydrogen-bond acceptors (Lipinski definition) is 4. The van der Waals surface area contributed by atoms with E-state index >= 15 is 0 Å². The van der Waals surface area contributed by atoms with Crippen LogP contribution in [0.3, 0.4) is 0 Å². The van der Waals surface area contributed by atoms with Gasteiger partial charge in [0.1, 0.15) is 17.2 Å². The number of rotatable bonds is 2. The molecular weight excluding hydrogens is 266 g/mol. The van der Waals surface area contributed by atoms with Crippen LogP contribution in [0.1, 0.15) is 11.1 Å². The molecule has 0 atom stereocenters. The van der Waals surface area contributed by atoms with Crippen molar-refractivity contribution in [2.45, 2.75) is 0 Å². The van der Waals surface area contributed by atoms with Crippen LogP contribution in [0.5, 0.6) is 17.2 Å². The molecule has 3 N–H and O–H groups in total. The van der Waals surface area contributed by atoms with Crippen LogP contribution in [0.2, 0.25) is 0 Å². The summed E-state index contributed by atoms with van der Waals surface area (Å²) >= 11 is 0. The minimum Gasteiger partial charge on any atom is -0.508 e. The molecule has 0 aromatic heterocycles. The van der Waals surface area contributed by atoms with E-state index in [1.54, 1.807) is 42.5 Å². The molecule has 0 radical (unpaired) electrons. The first-order chi connectivity index (χ1) is 9.86. The third kappa shape index (κ3) is 7.03. The first-order valence-electron chi connectivity index (χ1n) is 6.48. The summed E-state index contributed by atoms with van der Waals surface area (Å²) in [6.07, 6.45) is 3.60. The topological polar surface area (TPSA) is 63.9 Å². The van der Waals surface area contributed by atoms with Gasteiger partial charge in [-0.2, -0.15) is 0 Å². The molecule has 0 unspecified atom stereocenters. The van der Waals surface area contributed by atoms with Gasteiger partial charge >= 0.3 is 0 Å². The Morgan fingerprint density at radius 1 is 0.667 bits per heavy atom. The number of aromatic hydroxyl groups is 3. The van der Waals surface area contributed by atoms with Crippen LogP contribution in [0.15, 0.2) is 42.5 Å². The molecule has 2 aromatic carbocycles. The van der Waals surface area contributed by atoms with E-state index in [1.165, 1.54) is 6.07 Å². The lowest BCUT2D eigenvalue weighted by Gasteiger charge is -1.98. The lowest BCUT2D eigenvalue weighted by atomic mass is 10.1. The van der Waals surface area contributed by atoms with E-state index in [0.29, 0.717) is 5.56 Å². The Balaban J connectivity index is 0.000000491. The molecule has 0 amide bonds. The number of nitrogens with zero attached hydrogens (tertiary/aromatic N) is 1. The lowest BCUT2D eigenvalue weighted by molar-refractivity contribution is 0.450. The molecule has 0 heterocycles. The molecule has 0 spiro atoms. The SMILES string of the molecule is CN(C)C.Oc1ccc(/C=C/c2cc(O)cc(O)c2)cc1. The Morgan fingerprint density at radius 3 is 1.57 bits per heavy atom. The fraction of sp³-hybridized carbons (Fsp3) is 0.176.